The van der Waals surface area contributed by atoms with E-state index in [4.69, 9.17) is 5.73 Å². The van der Waals surface area contributed by atoms with Crippen LogP contribution in [0.5, 0.6) is 0 Å². The lowest BCUT2D eigenvalue weighted by atomic mass is 10.1. The Bertz CT molecular complexity index is 363. The molecule has 0 saturated heterocycles. The van der Waals surface area contributed by atoms with Gasteiger partial charge in [-0.3, -0.25) is 9.58 Å². The summed E-state index contributed by atoms with van der Waals surface area (Å²) in [5.41, 5.74) is 8.28. The van der Waals surface area contributed by atoms with Gasteiger partial charge in [0.25, 0.3) is 0 Å². The fraction of sp³-hybridized carbons (Fsp3) is 0.750. The highest BCUT2D eigenvalue weighted by Gasteiger charge is 2.21. The molecule has 1 heterocycles. The minimum Gasteiger partial charge on any atom is -0.384 e. The normalized spacial score (nSPS) is 17.5. The summed E-state index contributed by atoms with van der Waals surface area (Å²) >= 11 is 0. The quantitative estimate of drug-likeness (QED) is 0.846. The standard InChI is InChI=1S/C12H22N4/c1-9-11(12(13)16(3)14-9)8-15(2)10-6-4-5-7-10/h10H,4-8,13H2,1-3H3. The van der Waals surface area contributed by atoms with E-state index in [1.807, 2.05) is 14.0 Å². The number of nitrogens with two attached hydrogens (primary N) is 1. The van der Waals surface area contributed by atoms with E-state index in [0.29, 0.717) is 0 Å². The van der Waals surface area contributed by atoms with E-state index in [9.17, 15) is 0 Å². The molecule has 0 aromatic carbocycles. The predicted octanol–water partition coefficient (Wildman–Crippen LogP) is 1.69. The molecule has 2 rings (SSSR count). The third-order valence-corrected chi connectivity index (χ3v) is 3.75. The Kier molecular flexibility index (Phi) is 3.19. The van der Waals surface area contributed by atoms with Crippen LogP contribution in [-0.4, -0.2) is 27.8 Å². The summed E-state index contributed by atoms with van der Waals surface area (Å²) in [6.07, 6.45) is 5.40. The van der Waals surface area contributed by atoms with Gasteiger partial charge in [0.1, 0.15) is 5.82 Å². The number of hydrogen-bond acceptors (Lipinski definition) is 3. The summed E-state index contributed by atoms with van der Waals surface area (Å²) in [5, 5.41) is 4.36. The summed E-state index contributed by atoms with van der Waals surface area (Å²) in [6.45, 7) is 2.96. The van der Waals surface area contributed by atoms with Crippen molar-refractivity contribution in [3.63, 3.8) is 0 Å². The van der Waals surface area contributed by atoms with Gasteiger partial charge < -0.3 is 5.73 Å². The molecule has 4 heteroatoms. The van der Waals surface area contributed by atoms with Gasteiger partial charge in [-0.05, 0) is 26.8 Å². The van der Waals surface area contributed by atoms with Crippen LogP contribution < -0.4 is 5.73 Å². The van der Waals surface area contributed by atoms with E-state index in [1.54, 1.807) is 4.68 Å². The van der Waals surface area contributed by atoms with Gasteiger partial charge in [0.15, 0.2) is 0 Å². The fourth-order valence-corrected chi connectivity index (χ4v) is 2.64. The monoisotopic (exact) mass is 222 g/mol. The molecule has 90 valence electrons. The first-order chi connectivity index (χ1) is 7.59. The Balaban J connectivity index is 2.07. The Morgan fingerprint density at radius 1 is 1.44 bits per heavy atom. The number of aromatic nitrogens is 2. The lowest BCUT2D eigenvalue weighted by Gasteiger charge is -2.23. The van der Waals surface area contributed by atoms with Crippen LogP contribution in [-0.2, 0) is 13.6 Å². The van der Waals surface area contributed by atoms with Gasteiger partial charge >= 0.3 is 0 Å². The molecule has 1 aromatic heterocycles. The van der Waals surface area contributed by atoms with Crippen molar-refractivity contribution in [1.29, 1.82) is 0 Å². The maximum Gasteiger partial charge on any atom is 0.126 e. The minimum absolute atomic E-state index is 0.735. The van der Waals surface area contributed by atoms with E-state index >= 15 is 0 Å². The van der Waals surface area contributed by atoms with Crippen LogP contribution in [0, 0.1) is 6.92 Å². The molecule has 1 aliphatic rings. The highest BCUT2D eigenvalue weighted by atomic mass is 15.3. The molecule has 1 fully saturated rings. The van der Waals surface area contributed by atoms with Crippen LogP contribution in [0.15, 0.2) is 0 Å². The van der Waals surface area contributed by atoms with Crippen molar-refractivity contribution >= 4 is 5.82 Å². The van der Waals surface area contributed by atoms with Crippen LogP contribution in [0.4, 0.5) is 5.82 Å². The van der Waals surface area contributed by atoms with Crippen LogP contribution in [0.1, 0.15) is 36.9 Å². The van der Waals surface area contributed by atoms with E-state index in [-0.39, 0.29) is 0 Å². The van der Waals surface area contributed by atoms with Gasteiger partial charge in [-0.15, -0.1) is 0 Å². The van der Waals surface area contributed by atoms with Gasteiger partial charge in [-0.1, -0.05) is 12.8 Å². The Labute approximate surface area is 97.4 Å². The first-order valence-electron chi connectivity index (χ1n) is 6.07. The van der Waals surface area contributed by atoms with Gasteiger partial charge in [-0.2, -0.15) is 5.10 Å². The number of nitrogen functional groups attached to an aromatic ring is 1. The average Bonchev–Trinajstić information content (AvgIpc) is 2.83. The van der Waals surface area contributed by atoms with E-state index < -0.39 is 0 Å². The smallest absolute Gasteiger partial charge is 0.126 e. The molecule has 4 nitrogen and oxygen atoms in total. The number of anilines is 1. The molecule has 2 N–H and O–H groups in total. The Morgan fingerprint density at radius 2 is 2.06 bits per heavy atom. The first kappa shape index (κ1) is 11.5. The summed E-state index contributed by atoms with van der Waals surface area (Å²) < 4.78 is 1.77. The molecule has 0 atom stereocenters. The van der Waals surface area contributed by atoms with Gasteiger partial charge in [0.05, 0.1) is 5.69 Å². The van der Waals surface area contributed by atoms with E-state index in [0.717, 1.165) is 24.1 Å². The predicted molar refractivity (Wildman–Crippen MR) is 66.1 cm³/mol. The van der Waals surface area contributed by atoms with E-state index in [1.165, 1.54) is 31.2 Å². The second kappa shape index (κ2) is 4.45. The van der Waals surface area contributed by atoms with Gasteiger partial charge in [0.2, 0.25) is 0 Å². The topological polar surface area (TPSA) is 47.1 Å². The highest BCUT2D eigenvalue weighted by molar-refractivity contribution is 5.42. The fourth-order valence-electron chi connectivity index (χ4n) is 2.64. The highest BCUT2D eigenvalue weighted by Crippen LogP contribution is 2.25. The summed E-state index contributed by atoms with van der Waals surface area (Å²) in [4.78, 5) is 2.42. The molecule has 0 bridgehead atoms. The van der Waals surface area contributed by atoms with Crippen LogP contribution in [0.2, 0.25) is 0 Å². The first-order valence-corrected chi connectivity index (χ1v) is 6.07. The van der Waals surface area contributed by atoms with Crippen molar-refractivity contribution in [1.82, 2.24) is 14.7 Å². The lowest BCUT2D eigenvalue weighted by Crippen LogP contribution is -2.29. The zero-order valence-corrected chi connectivity index (χ0v) is 10.5. The van der Waals surface area contributed by atoms with Crippen molar-refractivity contribution in [2.45, 2.75) is 45.2 Å². The van der Waals surface area contributed by atoms with Crippen LogP contribution >= 0.6 is 0 Å². The Hall–Kier alpha value is -1.03. The van der Waals surface area contributed by atoms with Gasteiger partial charge in [0, 0.05) is 25.2 Å². The van der Waals surface area contributed by atoms with E-state index in [2.05, 4.69) is 17.0 Å². The molecular formula is C12H22N4. The largest absolute Gasteiger partial charge is 0.384 e. The molecule has 1 aliphatic carbocycles. The molecule has 1 saturated carbocycles. The molecule has 0 unspecified atom stereocenters. The van der Waals surface area contributed by atoms with Crippen molar-refractivity contribution < 1.29 is 0 Å². The Morgan fingerprint density at radius 3 is 2.56 bits per heavy atom. The third-order valence-electron chi connectivity index (χ3n) is 3.75. The number of nitrogens with zero attached hydrogens (tertiary/aromatic N) is 3. The number of rotatable bonds is 3. The van der Waals surface area contributed by atoms with Crippen LogP contribution in [0.25, 0.3) is 0 Å². The number of aryl methyl sites for hydroxylation is 2. The molecule has 0 radical (unpaired) electrons. The second-order valence-electron chi connectivity index (χ2n) is 4.93. The zero-order chi connectivity index (χ0) is 11.7. The van der Waals surface area contributed by atoms with Crippen LogP contribution in [0.3, 0.4) is 0 Å². The third kappa shape index (κ3) is 2.07. The summed E-state index contributed by atoms with van der Waals surface area (Å²) in [6, 6.07) is 0.735. The second-order valence-corrected chi connectivity index (χ2v) is 4.93. The average molecular weight is 222 g/mol. The van der Waals surface area contributed by atoms with Crippen molar-refractivity contribution in [3.8, 4) is 0 Å². The molecule has 0 spiro atoms. The van der Waals surface area contributed by atoms with Crippen molar-refractivity contribution in [2.24, 2.45) is 7.05 Å². The summed E-state index contributed by atoms with van der Waals surface area (Å²) in [5.74, 6) is 0.808. The molecule has 0 aliphatic heterocycles. The molecule has 1 aromatic rings. The van der Waals surface area contributed by atoms with Crippen molar-refractivity contribution in [3.05, 3.63) is 11.3 Å². The molecule has 16 heavy (non-hydrogen) atoms. The van der Waals surface area contributed by atoms with Crippen molar-refractivity contribution in [2.75, 3.05) is 12.8 Å². The SMILES string of the molecule is Cc1nn(C)c(N)c1CN(C)C1CCCC1. The summed E-state index contributed by atoms with van der Waals surface area (Å²) in [7, 11) is 4.10. The molecule has 0 amide bonds. The van der Waals surface area contributed by atoms with Gasteiger partial charge in [-0.25, -0.2) is 0 Å². The molecular weight excluding hydrogens is 200 g/mol. The maximum atomic E-state index is 6.02. The lowest BCUT2D eigenvalue weighted by molar-refractivity contribution is 0.237. The minimum atomic E-state index is 0.735. The zero-order valence-electron chi connectivity index (χ0n) is 10.5. The maximum absolute atomic E-state index is 6.02. The number of hydrogen-bond donors (Lipinski definition) is 1.